The van der Waals surface area contributed by atoms with Gasteiger partial charge in [0.1, 0.15) is 0 Å². The first-order chi connectivity index (χ1) is 7.11. The Balaban J connectivity index is 2.11. The van der Waals surface area contributed by atoms with E-state index in [-0.39, 0.29) is 18.1 Å². The van der Waals surface area contributed by atoms with Crippen LogP contribution in [0.4, 0.5) is 0 Å². The van der Waals surface area contributed by atoms with Crippen molar-refractivity contribution in [3.05, 3.63) is 0 Å². The molecule has 1 saturated heterocycles. The normalized spacial score (nSPS) is 20.3. The van der Waals surface area contributed by atoms with Gasteiger partial charge in [-0.1, -0.05) is 0 Å². The molecule has 0 bridgehead atoms. The fourth-order valence-electron chi connectivity index (χ4n) is 1.70. The van der Waals surface area contributed by atoms with Crippen LogP contribution in [0, 0.1) is 0 Å². The van der Waals surface area contributed by atoms with E-state index in [1.807, 2.05) is 11.8 Å². The number of aliphatic hydroxyl groups is 1. The predicted molar refractivity (Wildman–Crippen MR) is 59.6 cm³/mol. The summed E-state index contributed by atoms with van der Waals surface area (Å²) in [5.74, 6) is 0.234. The lowest BCUT2D eigenvalue weighted by atomic mass is 10.2. The standard InChI is InChI=1S/C11H22N2O2/c1-9(10(2)14)12-6-5-11(15)13-7-3-4-8-13/h9-10,12,14H,3-8H2,1-2H3. The summed E-state index contributed by atoms with van der Waals surface area (Å²) in [6, 6.07) is 0.0522. The second-order valence-electron chi connectivity index (χ2n) is 4.32. The zero-order valence-electron chi connectivity index (χ0n) is 9.70. The Bertz CT molecular complexity index is 201. The highest BCUT2D eigenvalue weighted by atomic mass is 16.3. The summed E-state index contributed by atoms with van der Waals surface area (Å²) >= 11 is 0. The molecule has 4 heteroatoms. The summed E-state index contributed by atoms with van der Waals surface area (Å²) in [6.07, 6.45) is 2.45. The van der Waals surface area contributed by atoms with Gasteiger partial charge >= 0.3 is 0 Å². The second kappa shape index (κ2) is 6.08. The van der Waals surface area contributed by atoms with Gasteiger partial charge in [-0.25, -0.2) is 0 Å². The van der Waals surface area contributed by atoms with Gasteiger partial charge in [0.15, 0.2) is 0 Å². The van der Waals surface area contributed by atoms with Gasteiger partial charge in [0.05, 0.1) is 6.10 Å². The van der Waals surface area contributed by atoms with Crippen molar-refractivity contribution >= 4 is 5.91 Å². The number of hydrogen-bond acceptors (Lipinski definition) is 3. The van der Waals surface area contributed by atoms with Gasteiger partial charge in [-0.2, -0.15) is 0 Å². The van der Waals surface area contributed by atoms with E-state index >= 15 is 0 Å². The van der Waals surface area contributed by atoms with Crippen molar-refractivity contribution in [3.8, 4) is 0 Å². The molecule has 1 fully saturated rings. The Morgan fingerprint density at radius 1 is 1.40 bits per heavy atom. The molecule has 0 spiro atoms. The van der Waals surface area contributed by atoms with Crippen LogP contribution in [-0.4, -0.2) is 47.7 Å². The predicted octanol–water partition coefficient (Wildman–Crippen LogP) is 0.358. The van der Waals surface area contributed by atoms with Crippen molar-refractivity contribution in [1.29, 1.82) is 0 Å². The molecule has 0 saturated carbocycles. The number of amides is 1. The van der Waals surface area contributed by atoms with Crippen LogP contribution in [0.15, 0.2) is 0 Å². The van der Waals surface area contributed by atoms with E-state index in [0.717, 1.165) is 25.9 Å². The summed E-state index contributed by atoms with van der Waals surface area (Å²) < 4.78 is 0. The summed E-state index contributed by atoms with van der Waals surface area (Å²) in [6.45, 7) is 6.17. The van der Waals surface area contributed by atoms with E-state index in [9.17, 15) is 9.90 Å². The lowest BCUT2D eigenvalue weighted by Crippen LogP contribution is -2.38. The van der Waals surface area contributed by atoms with Crippen LogP contribution in [0.5, 0.6) is 0 Å². The molecule has 2 atom stereocenters. The molecular weight excluding hydrogens is 192 g/mol. The van der Waals surface area contributed by atoms with Crippen molar-refractivity contribution in [2.24, 2.45) is 0 Å². The Hall–Kier alpha value is -0.610. The highest BCUT2D eigenvalue weighted by molar-refractivity contribution is 5.76. The van der Waals surface area contributed by atoms with Gasteiger partial charge < -0.3 is 15.3 Å². The maximum absolute atomic E-state index is 11.6. The van der Waals surface area contributed by atoms with Crippen LogP contribution in [0.3, 0.4) is 0 Å². The summed E-state index contributed by atoms with van der Waals surface area (Å²) in [4.78, 5) is 13.5. The highest BCUT2D eigenvalue weighted by Crippen LogP contribution is 2.08. The number of aliphatic hydroxyl groups excluding tert-OH is 1. The molecule has 1 rings (SSSR count). The van der Waals surface area contributed by atoms with Crippen LogP contribution in [0.1, 0.15) is 33.1 Å². The number of nitrogens with one attached hydrogen (secondary N) is 1. The largest absolute Gasteiger partial charge is 0.392 e. The van der Waals surface area contributed by atoms with Gasteiger partial charge in [0.2, 0.25) is 5.91 Å². The Morgan fingerprint density at radius 2 is 2.00 bits per heavy atom. The van der Waals surface area contributed by atoms with Crippen molar-refractivity contribution in [2.75, 3.05) is 19.6 Å². The lowest BCUT2D eigenvalue weighted by molar-refractivity contribution is -0.130. The van der Waals surface area contributed by atoms with Crippen molar-refractivity contribution in [1.82, 2.24) is 10.2 Å². The summed E-state index contributed by atoms with van der Waals surface area (Å²) in [5.41, 5.74) is 0. The monoisotopic (exact) mass is 214 g/mol. The van der Waals surface area contributed by atoms with Crippen molar-refractivity contribution in [3.63, 3.8) is 0 Å². The first-order valence-electron chi connectivity index (χ1n) is 5.80. The maximum atomic E-state index is 11.6. The molecule has 2 unspecified atom stereocenters. The average molecular weight is 214 g/mol. The third kappa shape index (κ3) is 4.18. The van der Waals surface area contributed by atoms with Crippen LogP contribution >= 0.6 is 0 Å². The number of carbonyl (C=O) groups is 1. The van der Waals surface area contributed by atoms with E-state index in [2.05, 4.69) is 5.32 Å². The van der Waals surface area contributed by atoms with Gasteiger partial charge in [0, 0.05) is 32.1 Å². The number of nitrogens with zero attached hydrogens (tertiary/aromatic N) is 1. The topological polar surface area (TPSA) is 52.6 Å². The zero-order chi connectivity index (χ0) is 11.3. The molecule has 1 aliphatic rings. The van der Waals surface area contributed by atoms with Gasteiger partial charge in [-0.05, 0) is 26.7 Å². The minimum atomic E-state index is -0.369. The van der Waals surface area contributed by atoms with E-state index < -0.39 is 0 Å². The van der Waals surface area contributed by atoms with Gasteiger partial charge in [-0.15, -0.1) is 0 Å². The summed E-state index contributed by atoms with van der Waals surface area (Å²) in [5, 5.41) is 12.4. The molecule has 0 aromatic rings. The van der Waals surface area contributed by atoms with E-state index in [0.29, 0.717) is 13.0 Å². The molecule has 88 valence electrons. The smallest absolute Gasteiger partial charge is 0.223 e. The number of rotatable bonds is 5. The van der Waals surface area contributed by atoms with Gasteiger partial charge in [-0.3, -0.25) is 4.79 Å². The molecule has 4 nitrogen and oxygen atoms in total. The Kier molecular flexibility index (Phi) is 5.05. The molecule has 2 N–H and O–H groups in total. The zero-order valence-corrected chi connectivity index (χ0v) is 9.70. The summed E-state index contributed by atoms with van der Waals surface area (Å²) in [7, 11) is 0. The van der Waals surface area contributed by atoms with Crippen LogP contribution in [0.25, 0.3) is 0 Å². The molecule has 1 amide bonds. The molecule has 1 aliphatic heterocycles. The number of hydrogen-bond donors (Lipinski definition) is 2. The Morgan fingerprint density at radius 3 is 2.53 bits per heavy atom. The molecule has 0 radical (unpaired) electrons. The van der Waals surface area contributed by atoms with Crippen molar-refractivity contribution < 1.29 is 9.90 Å². The van der Waals surface area contributed by atoms with E-state index in [1.165, 1.54) is 0 Å². The van der Waals surface area contributed by atoms with Gasteiger partial charge in [0.25, 0.3) is 0 Å². The average Bonchev–Trinajstić information content (AvgIpc) is 2.70. The van der Waals surface area contributed by atoms with Crippen molar-refractivity contribution in [2.45, 2.75) is 45.3 Å². The van der Waals surface area contributed by atoms with Crippen LogP contribution in [-0.2, 0) is 4.79 Å². The van der Waals surface area contributed by atoms with Crippen LogP contribution in [0.2, 0.25) is 0 Å². The Labute approximate surface area is 91.6 Å². The van der Waals surface area contributed by atoms with E-state index in [4.69, 9.17) is 0 Å². The first kappa shape index (κ1) is 12.5. The lowest BCUT2D eigenvalue weighted by Gasteiger charge is -2.18. The molecule has 0 aromatic carbocycles. The quantitative estimate of drug-likeness (QED) is 0.694. The first-order valence-corrected chi connectivity index (χ1v) is 5.80. The third-order valence-corrected chi connectivity index (χ3v) is 2.99. The molecule has 15 heavy (non-hydrogen) atoms. The van der Waals surface area contributed by atoms with Crippen LogP contribution < -0.4 is 5.32 Å². The SMILES string of the molecule is CC(O)C(C)NCCC(=O)N1CCCC1. The highest BCUT2D eigenvalue weighted by Gasteiger charge is 2.17. The maximum Gasteiger partial charge on any atom is 0.223 e. The second-order valence-corrected chi connectivity index (χ2v) is 4.32. The molecule has 0 aliphatic carbocycles. The van der Waals surface area contributed by atoms with E-state index in [1.54, 1.807) is 6.92 Å². The number of likely N-dealkylation sites (tertiary alicyclic amines) is 1. The number of carbonyl (C=O) groups excluding carboxylic acids is 1. The molecule has 0 aromatic heterocycles. The fraction of sp³-hybridized carbons (Fsp3) is 0.909. The fourth-order valence-corrected chi connectivity index (χ4v) is 1.70. The third-order valence-electron chi connectivity index (χ3n) is 2.99. The molecular formula is C11H22N2O2. The molecule has 1 heterocycles. The minimum absolute atomic E-state index is 0.0522. The minimum Gasteiger partial charge on any atom is -0.392 e.